The molecule has 1 aliphatic heterocycles. The van der Waals surface area contributed by atoms with Crippen LogP contribution in [0.15, 0.2) is 53.1 Å². The summed E-state index contributed by atoms with van der Waals surface area (Å²) in [5.41, 5.74) is 6.84. The predicted molar refractivity (Wildman–Crippen MR) is 108 cm³/mol. The van der Waals surface area contributed by atoms with E-state index in [2.05, 4.69) is 5.32 Å². The van der Waals surface area contributed by atoms with Crippen LogP contribution in [0.5, 0.6) is 0 Å². The molecule has 1 aliphatic rings. The Balaban J connectivity index is 1.58. The zero-order valence-corrected chi connectivity index (χ0v) is 16.3. The smallest absolute Gasteiger partial charge is 0.261 e. The molecule has 3 amide bonds. The molecule has 146 valence electrons. The summed E-state index contributed by atoms with van der Waals surface area (Å²) in [6.45, 7) is 0.0172. The molecule has 0 atom stereocenters. The molecular weight excluding hydrogens is 417 g/mol. The van der Waals surface area contributed by atoms with Crippen molar-refractivity contribution in [1.82, 2.24) is 4.90 Å². The Labute approximate surface area is 175 Å². The fourth-order valence-corrected chi connectivity index (χ4v) is 3.48. The van der Waals surface area contributed by atoms with Crippen LogP contribution < -0.4 is 11.1 Å². The molecule has 0 unspecified atom stereocenters. The summed E-state index contributed by atoms with van der Waals surface area (Å²) in [5, 5.41) is 3.05. The van der Waals surface area contributed by atoms with Gasteiger partial charge in [0.2, 0.25) is 0 Å². The number of hydrogen-bond acceptors (Lipinski definition) is 5. The number of imide groups is 1. The molecular formula is C20H13Cl2N3O4. The first-order chi connectivity index (χ1) is 13.8. The molecule has 0 spiro atoms. The van der Waals surface area contributed by atoms with Gasteiger partial charge in [0.1, 0.15) is 5.76 Å². The second-order valence-electron chi connectivity index (χ2n) is 6.34. The van der Waals surface area contributed by atoms with Gasteiger partial charge in [-0.15, -0.1) is 0 Å². The maximum atomic E-state index is 12.7. The lowest BCUT2D eigenvalue weighted by molar-refractivity contribution is 0.0631. The van der Waals surface area contributed by atoms with E-state index < -0.39 is 17.7 Å². The van der Waals surface area contributed by atoms with Crippen LogP contribution in [-0.4, -0.2) is 22.6 Å². The number of hydrogen-bond donors (Lipinski definition) is 2. The minimum absolute atomic E-state index is 0.0172. The maximum Gasteiger partial charge on any atom is 0.261 e. The molecule has 3 N–H and O–H groups in total. The molecule has 0 aliphatic carbocycles. The molecule has 4 rings (SSSR count). The summed E-state index contributed by atoms with van der Waals surface area (Å²) in [4.78, 5) is 38.9. The minimum atomic E-state index is -0.491. The molecule has 7 nitrogen and oxygen atoms in total. The molecule has 9 heteroatoms. The van der Waals surface area contributed by atoms with Gasteiger partial charge in [-0.05, 0) is 42.5 Å². The molecule has 0 radical (unpaired) electrons. The Kier molecular flexibility index (Phi) is 4.77. The topological polar surface area (TPSA) is 106 Å². The molecule has 0 bridgehead atoms. The van der Waals surface area contributed by atoms with Crippen molar-refractivity contribution in [3.63, 3.8) is 0 Å². The Morgan fingerprint density at radius 2 is 1.72 bits per heavy atom. The minimum Gasteiger partial charge on any atom is -0.467 e. The van der Waals surface area contributed by atoms with E-state index in [0.717, 1.165) is 4.90 Å². The fourth-order valence-electron chi connectivity index (χ4n) is 2.99. The number of furan rings is 1. The van der Waals surface area contributed by atoms with Gasteiger partial charge in [-0.2, -0.15) is 0 Å². The van der Waals surface area contributed by atoms with Gasteiger partial charge in [0.25, 0.3) is 17.7 Å². The third-order valence-electron chi connectivity index (χ3n) is 4.46. The number of nitrogens with two attached hydrogens (primary N) is 1. The van der Waals surface area contributed by atoms with Crippen LogP contribution in [0.25, 0.3) is 0 Å². The van der Waals surface area contributed by atoms with Crippen molar-refractivity contribution >= 4 is 52.3 Å². The third-order valence-corrected chi connectivity index (χ3v) is 5.09. The van der Waals surface area contributed by atoms with Crippen LogP contribution in [0.1, 0.15) is 36.8 Å². The number of nitrogens with one attached hydrogen (secondary N) is 1. The van der Waals surface area contributed by atoms with Crippen molar-refractivity contribution < 1.29 is 18.8 Å². The van der Waals surface area contributed by atoms with Crippen LogP contribution in [0.2, 0.25) is 10.0 Å². The summed E-state index contributed by atoms with van der Waals surface area (Å²) in [5.74, 6) is -0.941. The second-order valence-corrected chi connectivity index (χ2v) is 7.16. The van der Waals surface area contributed by atoms with E-state index in [0.29, 0.717) is 11.4 Å². The van der Waals surface area contributed by atoms with Crippen molar-refractivity contribution in [2.24, 2.45) is 0 Å². The SMILES string of the molecule is Nc1c(Cl)cc(NC(=O)c2ccc3c(c2)C(=O)N(Cc2ccco2)C3=O)cc1Cl. The molecule has 0 saturated carbocycles. The zero-order valence-electron chi connectivity index (χ0n) is 14.7. The normalized spacial score (nSPS) is 13.0. The molecule has 1 aromatic heterocycles. The number of nitrogens with zero attached hydrogens (tertiary/aromatic N) is 1. The molecule has 0 fully saturated rings. The number of carbonyl (C=O) groups is 3. The number of anilines is 2. The van der Waals surface area contributed by atoms with E-state index in [1.807, 2.05) is 0 Å². The van der Waals surface area contributed by atoms with Gasteiger partial charge in [-0.25, -0.2) is 0 Å². The molecule has 2 heterocycles. The largest absolute Gasteiger partial charge is 0.467 e. The van der Waals surface area contributed by atoms with Gasteiger partial charge in [-0.1, -0.05) is 23.2 Å². The molecule has 2 aromatic carbocycles. The predicted octanol–water partition coefficient (Wildman–Crippen LogP) is 4.22. The lowest BCUT2D eigenvalue weighted by Crippen LogP contribution is -2.28. The van der Waals surface area contributed by atoms with Crippen LogP contribution >= 0.6 is 23.2 Å². The van der Waals surface area contributed by atoms with Crippen LogP contribution in [0.3, 0.4) is 0 Å². The number of amides is 3. The first-order valence-electron chi connectivity index (χ1n) is 8.43. The average molecular weight is 430 g/mol. The van der Waals surface area contributed by atoms with Crippen LogP contribution in [0.4, 0.5) is 11.4 Å². The Morgan fingerprint density at radius 3 is 2.38 bits per heavy atom. The van der Waals surface area contributed by atoms with E-state index in [1.165, 1.54) is 36.6 Å². The summed E-state index contributed by atoms with van der Waals surface area (Å²) in [6.07, 6.45) is 1.46. The lowest BCUT2D eigenvalue weighted by atomic mass is 10.1. The van der Waals surface area contributed by atoms with Gasteiger partial charge < -0.3 is 15.5 Å². The van der Waals surface area contributed by atoms with E-state index in [4.69, 9.17) is 33.4 Å². The number of nitrogen functional groups attached to an aromatic ring is 1. The van der Waals surface area contributed by atoms with E-state index in [1.54, 1.807) is 12.1 Å². The van der Waals surface area contributed by atoms with Gasteiger partial charge in [0.15, 0.2) is 0 Å². The summed E-state index contributed by atoms with van der Waals surface area (Å²) < 4.78 is 5.21. The van der Waals surface area contributed by atoms with Gasteiger partial charge in [-0.3, -0.25) is 19.3 Å². The van der Waals surface area contributed by atoms with Crippen LogP contribution in [0, 0.1) is 0 Å². The average Bonchev–Trinajstić information content (AvgIpc) is 3.29. The Morgan fingerprint density at radius 1 is 1.03 bits per heavy atom. The van der Waals surface area contributed by atoms with Crippen molar-refractivity contribution in [2.75, 3.05) is 11.1 Å². The maximum absolute atomic E-state index is 12.7. The van der Waals surface area contributed by atoms with Crippen LogP contribution in [-0.2, 0) is 6.54 Å². The summed E-state index contributed by atoms with van der Waals surface area (Å²) >= 11 is 12.0. The fraction of sp³-hybridized carbons (Fsp3) is 0.0500. The summed E-state index contributed by atoms with van der Waals surface area (Å²) in [7, 11) is 0. The first-order valence-corrected chi connectivity index (χ1v) is 9.19. The highest BCUT2D eigenvalue weighted by Crippen LogP contribution is 2.31. The monoisotopic (exact) mass is 429 g/mol. The Hall–Kier alpha value is -3.29. The van der Waals surface area contributed by atoms with E-state index >= 15 is 0 Å². The molecule has 0 saturated heterocycles. The van der Waals surface area contributed by atoms with E-state index in [9.17, 15) is 14.4 Å². The highest BCUT2D eigenvalue weighted by molar-refractivity contribution is 6.39. The number of fused-ring (bicyclic) bond motifs is 1. The quantitative estimate of drug-likeness (QED) is 0.476. The molecule has 29 heavy (non-hydrogen) atoms. The number of carbonyl (C=O) groups excluding carboxylic acids is 3. The van der Waals surface area contributed by atoms with Gasteiger partial charge in [0, 0.05) is 11.3 Å². The van der Waals surface area contributed by atoms with Gasteiger partial charge in [0.05, 0.1) is 39.7 Å². The second kappa shape index (κ2) is 7.27. The standard InChI is InChI=1S/C20H13Cl2N3O4/c21-15-7-11(8-16(22)17(15)23)24-18(26)10-3-4-13-14(6-10)20(28)25(19(13)27)9-12-2-1-5-29-12/h1-8H,9,23H2,(H,24,26). The van der Waals surface area contributed by atoms with Gasteiger partial charge >= 0.3 is 0 Å². The Bertz CT molecular complexity index is 1140. The number of benzene rings is 2. The highest BCUT2D eigenvalue weighted by Gasteiger charge is 2.36. The zero-order chi connectivity index (χ0) is 20.7. The van der Waals surface area contributed by atoms with Crippen molar-refractivity contribution in [1.29, 1.82) is 0 Å². The highest BCUT2D eigenvalue weighted by atomic mass is 35.5. The van der Waals surface area contributed by atoms with Crippen molar-refractivity contribution in [2.45, 2.75) is 6.54 Å². The first kappa shape index (κ1) is 19.0. The summed E-state index contributed by atoms with van der Waals surface area (Å²) in [6, 6.07) is 10.6. The van der Waals surface area contributed by atoms with Crippen molar-refractivity contribution in [3.8, 4) is 0 Å². The van der Waals surface area contributed by atoms with E-state index in [-0.39, 0.29) is 39.0 Å². The lowest BCUT2D eigenvalue weighted by Gasteiger charge is -2.11. The number of halogens is 2. The number of rotatable bonds is 4. The molecule has 3 aromatic rings. The third kappa shape index (κ3) is 3.46. The van der Waals surface area contributed by atoms with Crippen molar-refractivity contribution in [3.05, 3.63) is 81.2 Å².